The second-order valence-corrected chi connectivity index (χ2v) is 6.85. The number of hydrogen-bond acceptors (Lipinski definition) is 9. The van der Waals surface area contributed by atoms with Crippen LogP contribution in [0, 0.1) is 0 Å². The third kappa shape index (κ3) is 5.68. The molecule has 1 fully saturated rings. The SMILES string of the molecule is CCOc1nc(NCc2ccco2)nc(Nc2cccc(CN3CCOCC3)c2)n1. The molecule has 3 heterocycles. The molecule has 1 saturated heterocycles. The Kier molecular flexibility index (Phi) is 6.73. The van der Waals surface area contributed by atoms with E-state index < -0.39 is 0 Å². The minimum absolute atomic E-state index is 0.265. The lowest BCUT2D eigenvalue weighted by Gasteiger charge is -2.26. The van der Waals surface area contributed by atoms with Crippen molar-refractivity contribution in [1.82, 2.24) is 19.9 Å². The van der Waals surface area contributed by atoms with E-state index >= 15 is 0 Å². The van der Waals surface area contributed by atoms with Crippen LogP contribution in [0.15, 0.2) is 47.1 Å². The summed E-state index contributed by atoms with van der Waals surface area (Å²) in [7, 11) is 0. The van der Waals surface area contributed by atoms with E-state index in [2.05, 4.69) is 42.6 Å². The quantitative estimate of drug-likeness (QED) is 0.551. The molecule has 0 unspecified atom stereocenters. The number of nitrogens with one attached hydrogen (secondary N) is 2. The highest BCUT2D eigenvalue weighted by atomic mass is 16.5. The third-order valence-electron chi connectivity index (χ3n) is 4.58. The Balaban J connectivity index is 1.46. The van der Waals surface area contributed by atoms with E-state index in [1.165, 1.54) is 5.56 Å². The number of ether oxygens (including phenoxy) is 2. The molecule has 9 nitrogen and oxygen atoms in total. The molecule has 0 amide bonds. The van der Waals surface area contributed by atoms with Crippen molar-refractivity contribution in [3.8, 4) is 6.01 Å². The van der Waals surface area contributed by atoms with Crippen molar-refractivity contribution in [2.75, 3.05) is 43.5 Å². The lowest BCUT2D eigenvalue weighted by atomic mass is 10.2. The van der Waals surface area contributed by atoms with Crippen LogP contribution in [0.4, 0.5) is 17.6 Å². The van der Waals surface area contributed by atoms with E-state index in [0.717, 1.165) is 44.3 Å². The van der Waals surface area contributed by atoms with Gasteiger partial charge in [-0.2, -0.15) is 15.0 Å². The zero-order valence-electron chi connectivity index (χ0n) is 17.0. The predicted octanol–water partition coefficient (Wildman–Crippen LogP) is 3.05. The Hall–Kier alpha value is -3.17. The van der Waals surface area contributed by atoms with Gasteiger partial charge >= 0.3 is 6.01 Å². The maximum absolute atomic E-state index is 5.50. The van der Waals surface area contributed by atoms with Crippen molar-refractivity contribution in [3.63, 3.8) is 0 Å². The van der Waals surface area contributed by atoms with E-state index in [-0.39, 0.29) is 6.01 Å². The molecule has 158 valence electrons. The predicted molar refractivity (Wildman–Crippen MR) is 113 cm³/mol. The Bertz CT molecular complexity index is 928. The molecule has 0 bridgehead atoms. The summed E-state index contributed by atoms with van der Waals surface area (Å²) in [5.74, 6) is 1.62. The van der Waals surface area contributed by atoms with Crippen LogP contribution >= 0.6 is 0 Å². The minimum Gasteiger partial charge on any atom is -0.467 e. The molecule has 4 rings (SSSR count). The molecule has 0 saturated carbocycles. The first-order valence-corrected chi connectivity index (χ1v) is 10.1. The monoisotopic (exact) mass is 410 g/mol. The lowest BCUT2D eigenvalue weighted by Crippen LogP contribution is -2.35. The molecule has 1 aliphatic rings. The number of benzene rings is 1. The van der Waals surface area contributed by atoms with Crippen LogP contribution in [-0.2, 0) is 17.8 Å². The van der Waals surface area contributed by atoms with Crippen molar-refractivity contribution < 1.29 is 13.9 Å². The fourth-order valence-corrected chi connectivity index (χ4v) is 3.16. The zero-order valence-corrected chi connectivity index (χ0v) is 17.0. The first-order valence-electron chi connectivity index (χ1n) is 10.1. The molecule has 0 radical (unpaired) electrons. The maximum Gasteiger partial charge on any atom is 0.323 e. The van der Waals surface area contributed by atoms with Gasteiger partial charge in [-0.3, -0.25) is 4.90 Å². The highest BCUT2D eigenvalue weighted by Gasteiger charge is 2.12. The molecule has 0 spiro atoms. The largest absolute Gasteiger partial charge is 0.467 e. The molecule has 2 aromatic heterocycles. The van der Waals surface area contributed by atoms with Gasteiger partial charge in [0, 0.05) is 25.3 Å². The lowest BCUT2D eigenvalue weighted by molar-refractivity contribution is 0.0342. The second-order valence-electron chi connectivity index (χ2n) is 6.85. The second kappa shape index (κ2) is 10.0. The van der Waals surface area contributed by atoms with E-state index in [0.29, 0.717) is 25.0 Å². The van der Waals surface area contributed by atoms with Crippen LogP contribution in [0.25, 0.3) is 0 Å². The smallest absolute Gasteiger partial charge is 0.323 e. The van der Waals surface area contributed by atoms with Crippen LogP contribution in [0.1, 0.15) is 18.2 Å². The number of rotatable bonds is 9. The molecular formula is C21H26N6O3. The van der Waals surface area contributed by atoms with Crippen molar-refractivity contribution in [1.29, 1.82) is 0 Å². The van der Waals surface area contributed by atoms with Crippen molar-refractivity contribution in [3.05, 3.63) is 54.0 Å². The standard InChI is InChI=1S/C21H26N6O3/c1-2-29-21-25-19(22-14-18-7-4-10-30-18)24-20(26-21)23-17-6-3-5-16(13-17)15-27-8-11-28-12-9-27/h3-7,10,13H,2,8-9,11-12,14-15H2,1H3,(H2,22,23,24,25,26). The molecule has 2 N–H and O–H groups in total. The molecule has 0 aliphatic carbocycles. The summed E-state index contributed by atoms with van der Waals surface area (Å²) >= 11 is 0. The van der Waals surface area contributed by atoms with E-state index in [9.17, 15) is 0 Å². The molecule has 9 heteroatoms. The average Bonchev–Trinajstić information content (AvgIpc) is 3.27. The molecule has 30 heavy (non-hydrogen) atoms. The first-order chi connectivity index (χ1) is 14.8. The number of aromatic nitrogens is 3. The number of hydrogen-bond donors (Lipinski definition) is 2. The van der Waals surface area contributed by atoms with Crippen LogP contribution in [0.5, 0.6) is 6.01 Å². The fraction of sp³-hybridized carbons (Fsp3) is 0.381. The summed E-state index contributed by atoms with van der Waals surface area (Å²) < 4.78 is 16.3. The molecule has 1 aliphatic heterocycles. The molecular weight excluding hydrogens is 384 g/mol. The van der Waals surface area contributed by atoms with Gasteiger partial charge in [-0.05, 0) is 36.8 Å². The summed E-state index contributed by atoms with van der Waals surface area (Å²) in [6.07, 6.45) is 1.63. The number of anilines is 3. The van der Waals surface area contributed by atoms with E-state index in [1.54, 1.807) is 6.26 Å². The highest BCUT2D eigenvalue weighted by Crippen LogP contribution is 2.19. The van der Waals surface area contributed by atoms with Crippen molar-refractivity contribution >= 4 is 17.6 Å². The van der Waals surface area contributed by atoms with Crippen LogP contribution in [-0.4, -0.2) is 52.8 Å². The number of nitrogens with zero attached hydrogens (tertiary/aromatic N) is 4. The molecule has 3 aromatic rings. The summed E-state index contributed by atoms with van der Waals surface area (Å²) in [5, 5.41) is 6.41. The number of furan rings is 1. The summed E-state index contributed by atoms with van der Waals surface area (Å²) in [6.45, 7) is 7.19. The van der Waals surface area contributed by atoms with Crippen molar-refractivity contribution in [2.45, 2.75) is 20.0 Å². The number of morpholine rings is 1. The van der Waals surface area contributed by atoms with Crippen LogP contribution < -0.4 is 15.4 Å². The van der Waals surface area contributed by atoms with Gasteiger partial charge in [0.1, 0.15) is 5.76 Å². The summed E-state index contributed by atoms with van der Waals surface area (Å²) in [4.78, 5) is 15.5. The third-order valence-corrected chi connectivity index (χ3v) is 4.58. The first kappa shape index (κ1) is 20.1. The van der Waals surface area contributed by atoms with Gasteiger partial charge in [0.05, 0.1) is 32.6 Å². The molecule has 0 atom stereocenters. The maximum atomic E-state index is 5.50. The Morgan fingerprint density at radius 3 is 2.73 bits per heavy atom. The Morgan fingerprint density at radius 2 is 1.93 bits per heavy atom. The van der Waals surface area contributed by atoms with E-state index in [1.807, 2.05) is 31.2 Å². The Labute approximate surface area is 175 Å². The molecule has 1 aromatic carbocycles. The fourth-order valence-electron chi connectivity index (χ4n) is 3.16. The van der Waals surface area contributed by atoms with E-state index in [4.69, 9.17) is 13.9 Å². The summed E-state index contributed by atoms with van der Waals surface area (Å²) in [5.41, 5.74) is 2.13. The average molecular weight is 410 g/mol. The zero-order chi connectivity index (χ0) is 20.6. The van der Waals surface area contributed by atoms with Gasteiger partial charge in [0.2, 0.25) is 11.9 Å². The van der Waals surface area contributed by atoms with Crippen LogP contribution in [0.3, 0.4) is 0 Å². The van der Waals surface area contributed by atoms with Gasteiger partial charge in [0.15, 0.2) is 0 Å². The summed E-state index contributed by atoms with van der Waals surface area (Å²) in [6, 6.07) is 12.2. The van der Waals surface area contributed by atoms with Gasteiger partial charge in [-0.15, -0.1) is 0 Å². The Morgan fingerprint density at radius 1 is 1.07 bits per heavy atom. The minimum atomic E-state index is 0.265. The highest BCUT2D eigenvalue weighted by molar-refractivity contribution is 5.55. The topological polar surface area (TPSA) is 97.6 Å². The van der Waals surface area contributed by atoms with Crippen molar-refractivity contribution in [2.24, 2.45) is 0 Å². The van der Waals surface area contributed by atoms with Gasteiger partial charge in [-0.1, -0.05) is 12.1 Å². The van der Waals surface area contributed by atoms with Gasteiger partial charge in [0.25, 0.3) is 0 Å². The van der Waals surface area contributed by atoms with Gasteiger partial charge in [-0.25, -0.2) is 0 Å². The normalized spacial score (nSPS) is 14.4. The van der Waals surface area contributed by atoms with Gasteiger partial charge < -0.3 is 24.5 Å². The van der Waals surface area contributed by atoms with Crippen LogP contribution in [0.2, 0.25) is 0 Å².